The smallest absolute Gasteiger partial charge is 0.156 e. The Labute approximate surface area is 102 Å². The van der Waals surface area contributed by atoms with E-state index < -0.39 is 0 Å². The third-order valence-corrected chi connectivity index (χ3v) is 3.92. The molecular formula is C12H9ClN2S. The zero-order chi connectivity index (χ0) is 11.1. The van der Waals surface area contributed by atoms with Gasteiger partial charge in [-0.25, -0.2) is 4.98 Å². The van der Waals surface area contributed by atoms with Crippen molar-refractivity contribution in [1.82, 2.24) is 9.38 Å². The number of halogens is 1. The summed E-state index contributed by atoms with van der Waals surface area (Å²) >= 11 is 7.82. The molecule has 0 aromatic carbocycles. The van der Waals surface area contributed by atoms with Crippen molar-refractivity contribution in [3.05, 3.63) is 46.6 Å². The molecule has 0 saturated heterocycles. The van der Waals surface area contributed by atoms with Gasteiger partial charge < -0.3 is 0 Å². The molecule has 3 rings (SSSR count). The van der Waals surface area contributed by atoms with Crippen molar-refractivity contribution in [2.45, 2.75) is 6.92 Å². The van der Waals surface area contributed by atoms with Crippen molar-refractivity contribution in [2.75, 3.05) is 0 Å². The maximum atomic E-state index is 6.09. The van der Waals surface area contributed by atoms with Crippen molar-refractivity contribution in [2.24, 2.45) is 0 Å². The highest BCUT2D eigenvalue weighted by atomic mass is 35.5. The average Bonchev–Trinajstić information content (AvgIpc) is 2.84. The lowest BCUT2D eigenvalue weighted by molar-refractivity contribution is 1.19. The summed E-state index contributed by atoms with van der Waals surface area (Å²) in [6.07, 6.45) is 3.86. The van der Waals surface area contributed by atoms with Crippen LogP contribution in [0.4, 0.5) is 0 Å². The molecule has 16 heavy (non-hydrogen) atoms. The summed E-state index contributed by atoms with van der Waals surface area (Å²) in [7, 11) is 0. The van der Waals surface area contributed by atoms with E-state index in [1.807, 2.05) is 28.9 Å². The first-order chi connectivity index (χ1) is 7.77. The molecule has 0 aliphatic rings. The van der Waals surface area contributed by atoms with Gasteiger partial charge >= 0.3 is 0 Å². The molecule has 0 atom stereocenters. The van der Waals surface area contributed by atoms with Crippen LogP contribution in [0.2, 0.25) is 5.02 Å². The van der Waals surface area contributed by atoms with E-state index in [2.05, 4.69) is 23.4 Å². The minimum Gasteiger partial charge on any atom is -0.298 e. The van der Waals surface area contributed by atoms with E-state index in [1.165, 1.54) is 10.4 Å². The van der Waals surface area contributed by atoms with E-state index in [0.29, 0.717) is 5.02 Å². The average molecular weight is 249 g/mol. The number of fused-ring (bicyclic) bond motifs is 1. The Morgan fingerprint density at radius 3 is 3.00 bits per heavy atom. The number of hydrogen-bond acceptors (Lipinski definition) is 2. The fourth-order valence-corrected chi connectivity index (χ4v) is 2.93. The Bertz CT molecular complexity index is 654. The van der Waals surface area contributed by atoms with E-state index in [1.54, 1.807) is 11.3 Å². The maximum absolute atomic E-state index is 6.09. The molecule has 0 N–H and O–H groups in total. The minimum atomic E-state index is 0.683. The lowest BCUT2D eigenvalue weighted by Crippen LogP contribution is -1.87. The van der Waals surface area contributed by atoms with Crippen LogP contribution in [0.25, 0.3) is 16.2 Å². The standard InChI is InChI=1S/C12H9ClN2S/c1-8-4-6-16-11(8)10-7-14-12-9(13)3-2-5-15(10)12/h2-7H,1H3. The number of pyridine rings is 1. The van der Waals surface area contributed by atoms with Crippen LogP contribution in [-0.4, -0.2) is 9.38 Å². The third-order valence-electron chi connectivity index (χ3n) is 2.58. The Hall–Kier alpha value is -1.32. The van der Waals surface area contributed by atoms with Crippen LogP contribution in [0.15, 0.2) is 36.0 Å². The van der Waals surface area contributed by atoms with Crippen molar-refractivity contribution in [3.8, 4) is 10.6 Å². The Balaban J connectivity index is 2.34. The van der Waals surface area contributed by atoms with Crippen molar-refractivity contribution in [3.63, 3.8) is 0 Å². The van der Waals surface area contributed by atoms with Crippen molar-refractivity contribution >= 4 is 28.6 Å². The van der Waals surface area contributed by atoms with Crippen LogP contribution in [0.5, 0.6) is 0 Å². The number of hydrogen-bond donors (Lipinski definition) is 0. The first-order valence-electron chi connectivity index (χ1n) is 4.93. The Morgan fingerprint density at radius 1 is 1.38 bits per heavy atom. The highest BCUT2D eigenvalue weighted by Gasteiger charge is 2.10. The van der Waals surface area contributed by atoms with E-state index in [0.717, 1.165) is 11.3 Å². The van der Waals surface area contributed by atoms with E-state index in [-0.39, 0.29) is 0 Å². The number of thiophene rings is 1. The molecule has 0 radical (unpaired) electrons. The predicted octanol–water partition coefficient (Wildman–Crippen LogP) is 4.02. The summed E-state index contributed by atoms with van der Waals surface area (Å²) in [6, 6.07) is 5.91. The second kappa shape index (κ2) is 3.61. The minimum absolute atomic E-state index is 0.683. The summed E-state index contributed by atoms with van der Waals surface area (Å²) in [5, 5.41) is 2.78. The number of nitrogens with zero attached hydrogens (tertiary/aromatic N) is 2. The van der Waals surface area contributed by atoms with Crippen LogP contribution in [0, 0.1) is 6.92 Å². The number of imidazole rings is 1. The molecule has 4 heteroatoms. The van der Waals surface area contributed by atoms with Crippen LogP contribution in [-0.2, 0) is 0 Å². The summed E-state index contributed by atoms with van der Waals surface area (Å²) < 4.78 is 2.03. The molecule has 3 aromatic rings. The van der Waals surface area contributed by atoms with Gasteiger partial charge in [0.2, 0.25) is 0 Å². The topological polar surface area (TPSA) is 17.3 Å². The first-order valence-corrected chi connectivity index (χ1v) is 6.19. The molecule has 2 nitrogen and oxygen atoms in total. The van der Waals surface area contributed by atoms with Crippen LogP contribution in [0.1, 0.15) is 5.56 Å². The summed E-state index contributed by atoms with van der Waals surface area (Å²) in [4.78, 5) is 5.60. The van der Waals surface area contributed by atoms with E-state index >= 15 is 0 Å². The van der Waals surface area contributed by atoms with Gasteiger partial charge in [0.25, 0.3) is 0 Å². The lowest BCUT2D eigenvalue weighted by Gasteiger charge is -2.01. The van der Waals surface area contributed by atoms with E-state index in [4.69, 9.17) is 11.6 Å². The van der Waals surface area contributed by atoms with Crippen LogP contribution >= 0.6 is 22.9 Å². The molecule has 0 bridgehead atoms. The first kappa shape index (κ1) is 9.87. The third kappa shape index (κ3) is 1.36. The molecular weight excluding hydrogens is 240 g/mol. The highest BCUT2D eigenvalue weighted by Crippen LogP contribution is 2.30. The molecule has 3 heterocycles. The van der Waals surface area contributed by atoms with Gasteiger partial charge in [-0.15, -0.1) is 11.3 Å². The maximum Gasteiger partial charge on any atom is 0.156 e. The van der Waals surface area contributed by atoms with Gasteiger partial charge in [-0.3, -0.25) is 4.40 Å². The normalized spacial score (nSPS) is 11.1. The summed E-state index contributed by atoms with van der Waals surface area (Å²) in [5.41, 5.74) is 3.18. The fourth-order valence-electron chi connectivity index (χ4n) is 1.78. The molecule has 80 valence electrons. The molecule has 0 aliphatic heterocycles. The molecule has 0 amide bonds. The molecule has 0 aliphatic carbocycles. The van der Waals surface area contributed by atoms with Crippen molar-refractivity contribution < 1.29 is 0 Å². The van der Waals surface area contributed by atoms with Gasteiger partial charge in [-0.1, -0.05) is 11.6 Å². The second-order valence-corrected chi connectivity index (χ2v) is 4.95. The molecule has 0 saturated carbocycles. The zero-order valence-electron chi connectivity index (χ0n) is 8.64. The van der Waals surface area contributed by atoms with Gasteiger partial charge in [-0.2, -0.15) is 0 Å². The highest BCUT2D eigenvalue weighted by molar-refractivity contribution is 7.13. The van der Waals surface area contributed by atoms with E-state index in [9.17, 15) is 0 Å². The number of rotatable bonds is 1. The van der Waals surface area contributed by atoms with Gasteiger partial charge in [0.05, 0.1) is 21.8 Å². The SMILES string of the molecule is Cc1ccsc1-c1cnc2c(Cl)cccn12. The zero-order valence-corrected chi connectivity index (χ0v) is 10.2. The predicted molar refractivity (Wildman–Crippen MR) is 68.3 cm³/mol. The molecule has 3 aromatic heterocycles. The van der Waals surface area contributed by atoms with Gasteiger partial charge in [-0.05, 0) is 36.1 Å². The monoisotopic (exact) mass is 248 g/mol. The summed E-state index contributed by atoms with van der Waals surface area (Å²) in [5.74, 6) is 0. The van der Waals surface area contributed by atoms with Crippen molar-refractivity contribution in [1.29, 1.82) is 0 Å². The van der Waals surface area contributed by atoms with Gasteiger partial charge in [0, 0.05) is 6.20 Å². The van der Waals surface area contributed by atoms with Crippen LogP contribution < -0.4 is 0 Å². The van der Waals surface area contributed by atoms with Crippen LogP contribution in [0.3, 0.4) is 0 Å². The van der Waals surface area contributed by atoms with Gasteiger partial charge in [0.15, 0.2) is 5.65 Å². The number of aromatic nitrogens is 2. The lowest BCUT2D eigenvalue weighted by atomic mass is 10.2. The largest absolute Gasteiger partial charge is 0.298 e. The fraction of sp³-hybridized carbons (Fsp3) is 0.0833. The van der Waals surface area contributed by atoms with Gasteiger partial charge in [0.1, 0.15) is 0 Å². The second-order valence-electron chi connectivity index (χ2n) is 3.63. The Kier molecular flexibility index (Phi) is 2.23. The number of aryl methyl sites for hydroxylation is 1. The molecule has 0 fully saturated rings. The Morgan fingerprint density at radius 2 is 2.25 bits per heavy atom. The summed E-state index contributed by atoms with van der Waals surface area (Å²) in [6.45, 7) is 2.11. The quantitative estimate of drug-likeness (QED) is 0.636. The molecule has 0 spiro atoms. The molecule has 0 unspecified atom stereocenters.